The van der Waals surface area contributed by atoms with E-state index in [1.165, 1.54) is 6.42 Å². The molecule has 1 aliphatic carbocycles. The molecule has 2 aromatic rings. The Kier molecular flexibility index (Phi) is 10.1. The minimum atomic E-state index is -0.621. The molecule has 1 saturated carbocycles. The number of amides is 2. The Labute approximate surface area is 217 Å². The number of ether oxygens (including phenoxy) is 2. The van der Waals surface area contributed by atoms with Gasteiger partial charge >= 0.3 is 0 Å². The predicted molar refractivity (Wildman–Crippen MR) is 139 cm³/mol. The van der Waals surface area contributed by atoms with Crippen LogP contribution in [-0.2, 0) is 22.6 Å². The molecule has 0 heterocycles. The summed E-state index contributed by atoms with van der Waals surface area (Å²) in [7, 11) is 3.17. The number of rotatable bonds is 10. The first-order chi connectivity index (χ1) is 16.8. The third-order valence-corrected chi connectivity index (χ3v) is 7.27. The van der Waals surface area contributed by atoms with Crippen LogP contribution in [0.5, 0.6) is 11.5 Å². The van der Waals surface area contributed by atoms with Gasteiger partial charge < -0.3 is 19.7 Å². The summed E-state index contributed by atoms with van der Waals surface area (Å²) in [6.07, 6.45) is 6.18. The number of hydrogen-bond donors (Lipinski definition) is 1. The van der Waals surface area contributed by atoms with Gasteiger partial charge in [0.25, 0.3) is 0 Å². The van der Waals surface area contributed by atoms with Crippen molar-refractivity contribution >= 4 is 35.0 Å². The van der Waals surface area contributed by atoms with Crippen molar-refractivity contribution in [2.45, 2.75) is 70.5 Å². The van der Waals surface area contributed by atoms with Crippen LogP contribution in [0.15, 0.2) is 36.4 Å². The van der Waals surface area contributed by atoms with Gasteiger partial charge in [0.2, 0.25) is 11.8 Å². The maximum Gasteiger partial charge on any atom is 0.242 e. The monoisotopic (exact) mass is 520 g/mol. The number of nitrogens with zero attached hydrogens (tertiary/aromatic N) is 1. The van der Waals surface area contributed by atoms with Crippen LogP contribution < -0.4 is 14.8 Å². The lowest BCUT2D eigenvalue weighted by Gasteiger charge is -2.31. The quantitative estimate of drug-likeness (QED) is 0.429. The number of halogens is 2. The molecule has 0 aliphatic heterocycles. The lowest BCUT2D eigenvalue weighted by atomic mass is 9.95. The maximum absolute atomic E-state index is 13.4. The molecule has 35 heavy (non-hydrogen) atoms. The summed E-state index contributed by atoms with van der Waals surface area (Å²) in [5.74, 6) is 1.01. The molecule has 8 heteroatoms. The van der Waals surface area contributed by atoms with Gasteiger partial charge in [-0.2, -0.15) is 0 Å². The summed E-state index contributed by atoms with van der Waals surface area (Å²) in [5, 5.41) is 4.02. The molecule has 190 valence electrons. The highest BCUT2D eigenvalue weighted by atomic mass is 35.5. The molecule has 1 aliphatic rings. The Bertz CT molecular complexity index is 1020. The van der Waals surface area contributed by atoms with E-state index in [-0.39, 0.29) is 30.8 Å². The second-order valence-electron chi connectivity index (χ2n) is 8.98. The van der Waals surface area contributed by atoms with E-state index in [0.717, 1.165) is 36.8 Å². The molecule has 2 amide bonds. The molecule has 3 rings (SSSR count). The van der Waals surface area contributed by atoms with Crippen molar-refractivity contribution in [3.8, 4) is 11.5 Å². The highest BCUT2D eigenvalue weighted by Crippen LogP contribution is 2.28. The van der Waals surface area contributed by atoms with Gasteiger partial charge in [-0.1, -0.05) is 54.6 Å². The van der Waals surface area contributed by atoms with Crippen LogP contribution in [0.3, 0.4) is 0 Å². The van der Waals surface area contributed by atoms with E-state index >= 15 is 0 Å². The zero-order chi connectivity index (χ0) is 25.4. The Morgan fingerprint density at radius 3 is 2.31 bits per heavy atom. The second kappa shape index (κ2) is 13.0. The second-order valence-corrected chi connectivity index (χ2v) is 9.79. The van der Waals surface area contributed by atoms with E-state index in [4.69, 9.17) is 32.7 Å². The van der Waals surface area contributed by atoms with Gasteiger partial charge in [-0.3, -0.25) is 9.59 Å². The van der Waals surface area contributed by atoms with E-state index in [1.807, 2.05) is 24.3 Å². The van der Waals surface area contributed by atoms with E-state index in [2.05, 4.69) is 5.32 Å². The molecule has 1 fully saturated rings. The molecule has 2 aromatic carbocycles. The number of aryl methyl sites for hydroxylation is 1. The lowest BCUT2D eigenvalue weighted by molar-refractivity contribution is -0.141. The molecule has 0 saturated heterocycles. The minimum absolute atomic E-state index is 0.114. The van der Waals surface area contributed by atoms with Crippen LogP contribution >= 0.6 is 23.2 Å². The van der Waals surface area contributed by atoms with Gasteiger partial charge in [0, 0.05) is 19.0 Å². The summed E-state index contributed by atoms with van der Waals surface area (Å²) in [4.78, 5) is 28.2. The number of nitrogens with one attached hydrogen (secondary N) is 1. The number of methoxy groups -OCH3 is 2. The number of carbonyl (C=O) groups excluding carboxylic acids is 2. The fourth-order valence-electron chi connectivity index (χ4n) is 4.42. The molecule has 1 atom stereocenters. The fraction of sp³-hybridized carbons (Fsp3) is 0.481. The molecule has 6 nitrogen and oxygen atoms in total. The van der Waals surface area contributed by atoms with E-state index in [9.17, 15) is 9.59 Å². The molecule has 1 unspecified atom stereocenters. The first kappa shape index (κ1) is 27.2. The van der Waals surface area contributed by atoms with Crippen LogP contribution in [-0.4, -0.2) is 43.0 Å². The first-order valence-corrected chi connectivity index (χ1v) is 12.8. The average Bonchev–Trinajstić information content (AvgIpc) is 2.87. The molecule has 0 radical (unpaired) electrons. The third-order valence-electron chi connectivity index (χ3n) is 6.53. The van der Waals surface area contributed by atoms with Crippen molar-refractivity contribution in [2.24, 2.45) is 0 Å². The molecule has 1 N–H and O–H groups in total. The molecule has 0 spiro atoms. The van der Waals surface area contributed by atoms with E-state index < -0.39 is 6.04 Å². The summed E-state index contributed by atoms with van der Waals surface area (Å²) < 4.78 is 10.7. The van der Waals surface area contributed by atoms with Crippen molar-refractivity contribution in [3.63, 3.8) is 0 Å². The summed E-state index contributed by atoms with van der Waals surface area (Å²) in [6, 6.07) is 10.4. The largest absolute Gasteiger partial charge is 0.493 e. The Balaban J connectivity index is 1.74. The SMILES string of the molecule is COc1ccc(CCC(=O)N(Cc2ccc(Cl)c(Cl)c2)C(C)C(=O)NC2CCCCC2)cc1OC. The zero-order valence-corrected chi connectivity index (χ0v) is 22.1. The number of benzene rings is 2. The smallest absolute Gasteiger partial charge is 0.242 e. The van der Waals surface area contributed by atoms with Gasteiger partial charge in [0.15, 0.2) is 11.5 Å². The number of carbonyl (C=O) groups is 2. The third kappa shape index (κ3) is 7.52. The topological polar surface area (TPSA) is 67.9 Å². The van der Waals surface area contributed by atoms with Crippen LogP contribution in [0.2, 0.25) is 10.0 Å². The molecular formula is C27H34Cl2N2O4. The molecule has 0 bridgehead atoms. The van der Waals surface area contributed by atoms with Crippen molar-refractivity contribution in [2.75, 3.05) is 14.2 Å². The van der Waals surface area contributed by atoms with Gasteiger partial charge in [0.1, 0.15) is 6.04 Å². The maximum atomic E-state index is 13.4. The minimum Gasteiger partial charge on any atom is -0.493 e. The first-order valence-electron chi connectivity index (χ1n) is 12.1. The molecule has 0 aromatic heterocycles. The van der Waals surface area contributed by atoms with Crippen molar-refractivity contribution in [3.05, 3.63) is 57.6 Å². The predicted octanol–water partition coefficient (Wildman–Crippen LogP) is 5.81. The summed E-state index contributed by atoms with van der Waals surface area (Å²) in [6.45, 7) is 2.05. The standard InChI is InChI=1S/C27H34Cl2N2O4/c1-18(27(33)30-21-7-5-4-6-8-21)31(17-20-9-12-22(28)23(29)15-20)26(32)14-11-19-10-13-24(34-2)25(16-19)35-3/h9-10,12-13,15-16,18,21H,4-8,11,14,17H2,1-3H3,(H,30,33). The Morgan fingerprint density at radius 2 is 1.66 bits per heavy atom. The normalized spacial score (nSPS) is 14.8. The van der Waals surface area contributed by atoms with Crippen molar-refractivity contribution in [1.29, 1.82) is 0 Å². The van der Waals surface area contributed by atoms with E-state index in [0.29, 0.717) is 28.0 Å². The number of hydrogen-bond acceptors (Lipinski definition) is 4. The van der Waals surface area contributed by atoms with Crippen molar-refractivity contribution in [1.82, 2.24) is 10.2 Å². The Morgan fingerprint density at radius 1 is 0.971 bits per heavy atom. The molecular weight excluding hydrogens is 487 g/mol. The van der Waals surface area contributed by atoms with Crippen LogP contribution in [0.4, 0.5) is 0 Å². The zero-order valence-electron chi connectivity index (χ0n) is 20.6. The lowest BCUT2D eigenvalue weighted by Crippen LogP contribution is -2.50. The van der Waals surface area contributed by atoms with E-state index in [1.54, 1.807) is 38.2 Å². The van der Waals surface area contributed by atoms with Crippen LogP contribution in [0, 0.1) is 0 Å². The highest BCUT2D eigenvalue weighted by molar-refractivity contribution is 6.42. The van der Waals surface area contributed by atoms with Crippen LogP contribution in [0.1, 0.15) is 56.6 Å². The Hall–Kier alpha value is -2.44. The summed E-state index contributed by atoms with van der Waals surface area (Å²) in [5.41, 5.74) is 1.76. The summed E-state index contributed by atoms with van der Waals surface area (Å²) >= 11 is 12.3. The van der Waals surface area contributed by atoms with Gasteiger partial charge in [-0.25, -0.2) is 0 Å². The van der Waals surface area contributed by atoms with Gasteiger partial charge in [-0.15, -0.1) is 0 Å². The highest BCUT2D eigenvalue weighted by Gasteiger charge is 2.28. The van der Waals surface area contributed by atoms with Gasteiger partial charge in [0.05, 0.1) is 24.3 Å². The van der Waals surface area contributed by atoms with Gasteiger partial charge in [-0.05, 0) is 61.6 Å². The average molecular weight is 521 g/mol. The van der Waals surface area contributed by atoms with Crippen molar-refractivity contribution < 1.29 is 19.1 Å². The fourth-order valence-corrected chi connectivity index (χ4v) is 4.74. The van der Waals surface area contributed by atoms with Crippen LogP contribution in [0.25, 0.3) is 0 Å².